The van der Waals surface area contributed by atoms with Crippen LogP contribution in [0.5, 0.6) is 0 Å². The number of Topliss-reactive ketones (excluding diaryl/α,β-unsaturated/α-hetero) is 1. The Hall–Kier alpha value is -1.05. The predicted molar refractivity (Wildman–Crippen MR) is 59.0 cm³/mol. The molecule has 1 aromatic heterocycles. The number of aromatic amines is 1. The molecule has 0 spiro atoms. The lowest BCUT2D eigenvalue weighted by Gasteiger charge is -2.09. The Morgan fingerprint density at radius 3 is 2.67 bits per heavy atom. The summed E-state index contributed by atoms with van der Waals surface area (Å²) in [5, 5.41) is 0. The van der Waals surface area contributed by atoms with Crippen molar-refractivity contribution >= 4 is 5.78 Å². The highest BCUT2D eigenvalue weighted by molar-refractivity contribution is 5.90. The number of ketones is 1. The molecule has 0 radical (unpaired) electrons. The number of rotatable bonds is 2. The van der Waals surface area contributed by atoms with Gasteiger partial charge in [-0.05, 0) is 57.1 Å². The molecule has 15 heavy (non-hydrogen) atoms. The van der Waals surface area contributed by atoms with Crippen LogP contribution in [0.2, 0.25) is 0 Å². The lowest BCUT2D eigenvalue weighted by molar-refractivity contribution is -0.119. The zero-order chi connectivity index (χ0) is 10.5. The Labute approximate surface area is 90.1 Å². The third kappa shape index (κ3) is 1.27. The smallest absolute Gasteiger partial charge is 0.141 e. The van der Waals surface area contributed by atoms with Crippen molar-refractivity contribution < 1.29 is 4.79 Å². The van der Waals surface area contributed by atoms with E-state index >= 15 is 0 Å². The Balaban J connectivity index is 1.99. The molecule has 0 bridgehead atoms. The first-order valence-corrected chi connectivity index (χ1v) is 5.95. The summed E-state index contributed by atoms with van der Waals surface area (Å²) in [4.78, 5) is 15.1. The normalized spacial score (nSPS) is 22.2. The molecule has 1 heterocycles. The van der Waals surface area contributed by atoms with Crippen LogP contribution in [-0.4, -0.2) is 10.8 Å². The summed E-state index contributed by atoms with van der Waals surface area (Å²) < 4.78 is 0. The predicted octanol–water partition coefficient (Wildman–Crippen LogP) is 2.51. The number of hydrogen-bond donors (Lipinski definition) is 1. The van der Waals surface area contributed by atoms with Gasteiger partial charge in [-0.25, -0.2) is 0 Å². The lowest BCUT2D eigenvalue weighted by Crippen LogP contribution is -2.17. The maximum Gasteiger partial charge on any atom is 0.141 e. The van der Waals surface area contributed by atoms with Gasteiger partial charge in [0.15, 0.2) is 0 Å². The molecule has 1 fully saturated rings. The summed E-state index contributed by atoms with van der Waals surface area (Å²) >= 11 is 0. The average molecular weight is 203 g/mol. The molecule has 2 heteroatoms. The second-order valence-electron chi connectivity index (χ2n) is 5.03. The molecule has 0 aromatic carbocycles. The van der Waals surface area contributed by atoms with Gasteiger partial charge in [0.1, 0.15) is 5.78 Å². The minimum Gasteiger partial charge on any atom is -0.361 e. The van der Waals surface area contributed by atoms with Gasteiger partial charge in [-0.2, -0.15) is 0 Å². The fourth-order valence-electron chi connectivity index (χ4n) is 2.80. The van der Waals surface area contributed by atoms with Crippen molar-refractivity contribution in [3.05, 3.63) is 23.0 Å². The van der Waals surface area contributed by atoms with Crippen LogP contribution in [0, 0.1) is 0 Å². The minimum absolute atomic E-state index is 0.114. The number of hydrogen-bond acceptors (Lipinski definition) is 1. The van der Waals surface area contributed by atoms with Gasteiger partial charge in [-0.3, -0.25) is 4.79 Å². The van der Waals surface area contributed by atoms with Crippen LogP contribution in [-0.2, 0) is 23.1 Å². The lowest BCUT2D eigenvalue weighted by atomic mass is 9.95. The van der Waals surface area contributed by atoms with E-state index in [4.69, 9.17) is 0 Å². The van der Waals surface area contributed by atoms with Crippen molar-refractivity contribution in [1.82, 2.24) is 4.98 Å². The van der Waals surface area contributed by atoms with Crippen molar-refractivity contribution in [2.75, 3.05) is 0 Å². The van der Waals surface area contributed by atoms with Crippen molar-refractivity contribution in [1.29, 1.82) is 0 Å². The second-order valence-corrected chi connectivity index (χ2v) is 5.03. The maximum absolute atomic E-state index is 11.6. The van der Waals surface area contributed by atoms with Crippen molar-refractivity contribution in [3.8, 4) is 0 Å². The SMILES string of the molecule is CC(=O)C1(c2cc3c([nH]2)CCCC3)CC1. The van der Waals surface area contributed by atoms with Gasteiger partial charge in [0, 0.05) is 11.4 Å². The topological polar surface area (TPSA) is 32.9 Å². The van der Waals surface area contributed by atoms with Crippen LogP contribution < -0.4 is 0 Å². The first-order chi connectivity index (χ1) is 7.22. The number of carbonyl (C=O) groups excluding carboxylic acids is 1. The number of fused-ring (bicyclic) bond motifs is 1. The van der Waals surface area contributed by atoms with E-state index in [2.05, 4.69) is 11.1 Å². The molecule has 0 unspecified atom stereocenters. The van der Waals surface area contributed by atoms with Crippen LogP contribution in [0.1, 0.15) is 49.6 Å². The van der Waals surface area contributed by atoms with E-state index in [0.29, 0.717) is 5.78 Å². The van der Waals surface area contributed by atoms with Crippen LogP contribution in [0.3, 0.4) is 0 Å². The largest absolute Gasteiger partial charge is 0.361 e. The molecule has 1 N–H and O–H groups in total. The van der Waals surface area contributed by atoms with E-state index in [-0.39, 0.29) is 5.41 Å². The standard InChI is InChI=1S/C13H17NO/c1-9(15)13(6-7-13)12-8-10-4-2-3-5-11(10)14-12/h8,14H,2-7H2,1H3. The maximum atomic E-state index is 11.6. The van der Waals surface area contributed by atoms with Crippen LogP contribution in [0.15, 0.2) is 6.07 Å². The fraction of sp³-hybridized carbons (Fsp3) is 0.615. The first kappa shape index (κ1) is 9.20. The van der Waals surface area contributed by atoms with Gasteiger partial charge in [-0.1, -0.05) is 0 Å². The van der Waals surface area contributed by atoms with Crippen molar-refractivity contribution in [3.63, 3.8) is 0 Å². The molecule has 1 saturated carbocycles. The molecule has 2 aliphatic carbocycles. The van der Waals surface area contributed by atoms with E-state index in [0.717, 1.165) is 12.8 Å². The van der Waals surface area contributed by atoms with Crippen LogP contribution >= 0.6 is 0 Å². The van der Waals surface area contributed by atoms with Gasteiger partial charge >= 0.3 is 0 Å². The monoisotopic (exact) mass is 203 g/mol. The molecule has 0 aliphatic heterocycles. The highest BCUT2D eigenvalue weighted by Crippen LogP contribution is 2.49. The number of aromatic nitrogens is 1. The number of nitrogens with one attached hydrogen (secondary N) is 1. The Kier molecular flexibility index (Phi) is 1.82. The molecule has 0 saturated heterocycles. The van der Waals surface area contributed by atoms with E-state index < -0.39 is 0 Å². The van der Waals surface area contributed by atoms with E-state index in [1.165, 1.54) is 42.6 Å². The second kappa shape index (κ2) is 2.97. The first-order valence-electron chi connectivity index (χ1n) is 5.95. The molecule has 3 rings (SSSR count). The van der Waals surface area contributed by atoms with Gasteiger partial charge in [0.25, 0.3) is 0 Å². The molecular weight excluding hydrogens is 186 g/mol. The Bertz CT molecular complexity index is 389. The van der Waals surface area contributed by atoms with Crippen molar-refractivity contribution in [2.45, 2.75) is 50.9 Å². The summed E-state index contributed by atoms with van der Waals surface area (Å²) in [6, 6.07) is 2.25. The molecule has 1 aromatic rings. The zero-order valence-electron chi connectivity index (χ0n) is 9.23. The Morgan fingerprint density at radius 1 is 1.33 bits per heavy atom. The average Bonchev–Trinajstić information content (AvgIpc) is 2.93. The van der Waals surface area contributed by atoms with E-state index in [1.54, 1.807) is 6.92 Å². The highest BCUT2D eigenvalue weighted by atomic mass is 16.1. The van der Waals surface area contributed by atoms with Gasteiger partial charge in [-0.15, -0.1) is 0 Å². The summed E-state index contributed by atoms with van der Waals surface area (Å²) in [5.41, 5.74) is 3.94. The summed E-state index contributed by atoms with van der Waals surface area (Å²) in [7, 11) is 0. The summed E-state index contributed by atoms with van der Waals surface area (Å²) in [6.45, 7) is 1.73. The number of H-pyrrole nitrogens is 1. The third-order valence-electron chi connectivity index (χ3n) is 4.05. The molecule has 2 aliphatic rings. The highest BCUT2D eigenvalue weighted by Gasteiger charge is 2.50. The molecule has 0 amide bonds. The van der Waals surface area contributed by atoms with Gasteiger partial charge < -0.3 is 4.98 Å². The fourth-order valence-corrected chi connectivity index (χ4v) is 2.80. The zero-order valence-corrected chi connectivity index (χ0v) is 9.23. The Morgan fingerprint density at radius 2 is 2.07 bits per heavy atom. The van der Waals surface area contributed by atoms with Gasteiger partial charge in [0.05, 0.1) is 5.41 Å². The quantitative estimate of drug-likeness (QED) is 0.787. The minimum atomic E-state index is -0.114. The summed E-state index contributed by atoms with van der Waals surface area (Å²) in [5.74, 6) is 0.334. The van der Waals surface area contributed by atoms with E-state index in [9.17, 15) is 4.79 Å². The third-order valence-corrected chi connectivity index (χ3v) is 4.05. The number of carbonyl (C=O) groups is 1. The molecular formula is C13H17NO. The summed E-state index contributed by atoms with van der Waals surface area (Å²) in [6.07, 6.45) is 7.05. The van der Waals surface area contributed by atoms with Gasteiger partial charge in [0.2, 0.25) is 0 Å². The molecule has 80 valence electrons. The molecule has 2 nitrogen and oxygen atoms in total. The molecule has 0 atom stereocenters. The number of aryl methyl sites for hydroxylation is 2. The van der Waals surface area contributed by atoms with E-state index in [1.807, 2.05) is 0 Å². The van der Waals surface area contributed by atoms with Crippen LogP contribution in [0.4, 0.5) is 0 Å². The van der Waals surface area contributed by atoms with Crippen LogP contribution in [0.25, 0.3) is 0 Å². The van der Waals surface area contributed by atoms with Crippen molar-refractivity contribution in [2.24, 2.45) is 0 Å².